The minimum Gasteiger partial charge on any atom is -0.410 e. The molecule has 0 aliphatic rings. The lowest BCUT2D eigenvalue weighted by molar-refractivity contribution is 0.215. The van der Waals surface area contributed by atoms with E-state index in [9.17, 15) is 4.79 Å². The van der Waals surface area contributed by atoms with E-state index in [0.717, 1.165) is 22.2 Å². The highest BCUT2D eigenvalue weighted by molar-refractivity contribution is 6.00. The molecule has 5 nitrogen and oxygen atoms in total. The summed E-state index contributed by atoms with van der Waals surface area (Å²) in [5.74, 6) is 0.482. The Morgan fingerprint density at radius 1 is 0.923 bits per heavy atom. The lowest BCUT2D eigenvalue weighted by atomic mass is 10.1. The quantitative estimate of drug-likeness (QED) is 0.575. The van der Waals surface area contributed by atoms with E-state index < -0.39 is 6.09 Å². The van der Waals surface area contributed by atoms with E-state index in [2.05, 4.69) is 15.3 Å². The van der Waals surface area contributed by atoms with Crippen LogP contribution in [0.1, 0.15) is 0 Å². The predicted molar refractivity (Wildman–Crippen MR) is 101 cm³/mol. The van der Waals surface area contributed by atoms with E-state index in [1.165, 1.54) is 0 Å². The van der Waals surface area contributed by atoms with Crippen molar-refractivity contribution < 1.29 is 9.53 Å². The van der Waals surface area contributed by atoms with Crippen LogP contribution in [0.4, 0.5) is 10.5 Å². The first-order valence-electron chi connectivity index (χ1n) is 8.14. The summed E-state index contributed by atoms with van der Waals surface area (Å²) < 4.78 is 5.33. The topological polar surface area (TPSA) is 64.1 Å². The number of fused-ring (bicyclic) bond motifs is 1. The molecule has 2 aromatic carbocycles. The van der Waals surface area contributed by atoms with Gasteiger partial charge in [-0.05, 0) is 36.4 Å². The Labute approximate surface area is 150 Å². The maximum absolute atomic E-state index is 12.3. The molecule has 0 atom stereocenters. The molecule has 2 aromatic heterocycles. The molecule has 0 unspecified atom stereocenters. The third-order valence-electron chi connectivity index (χ3n) is 3.86. The summed E-state index contributed by atoms with van der Waals surface area (Å²) in [5.41, 5.74) is 3.02. The zero-order chi connectivity index (χ0) is 17.8. The van der Waals surface area contributed by atoms with Gasteiger partial charge in [0.25, 0.3) is 0 Å². The van der Waals surface area contributed by atoms with Gasteiger partial charge in [0.05, 0.1) is 16.9 Å². The predicted octanol–water partition coefficient (Wildman–Crippen LogP) is 4.91. The first kappa shape index (κ1) is 15.8. The van der Waals surface area contributed by atoms with E-state index in [1.807, 2.05) is 60.7 Å². The third-order valence-corrected chi connectivity index (χ3v) is 3.86. The number of benzene rings is 2. The first-order chi connectivity index (χ1) is 12.8. The molecule has 0 fully saturated rings. The van der Waals surface area contributed by atoms with E-state index >= 15 is 0 Å². The molecule has 4 rings (SSSR count). The Kier molecular flexibility index (Phi) is 4.26. The standard InChI is InChI=1S/C21H15N3O2/c25-21(26-16-8-2-1-3-9-16)24-20-13-19(15-7-6-12-22-14-15)23-18-11-5-4-10-17(18)20/h1-14H,(H,23,24,25). The summed E-state index contributed by atoms with van der Waals surface area (Å²) in [6.45, 7) is 0. The van der Waals surface area contributed by atoms with E-state index in [0.29, 0.717) is 11.4 Å². The number of nitrogens with one attached hydrogen (secondary N) is 1. The van der Waals surface area contributed by atoms with Crippen molar-refractivity contribution in [1.82, 2.24) is 9.97 Å². The summed E-state index contributed by atoms with van der Waals surface area (Å²) >= 11 is 0. The van der Waals surface area contributed by atoms with Crippen LogP contribution in [-0.2, 0) is 0 Å². The average Bonchev–Trinajstić information content (AvgIpc) is 2.69. The smallest absolute Gasteiger partial charge is 0.410 e. The fourth-order valence-corrected chi connectivity index (χ4v) is 2.67. The fourth-order valence-electron chi connectivity index (χ4n) is 2.67. The van der Waals surface area contributed by atoms with Crippen LogP contribution >= 0.6 is 0 Å². The molecule has 0 saturated carbocycles. The molecule has 0 radical (unpaired) electrons. The number of ether oxygens (including phenoxy) is 1. The van der Waals surface area contributed by atoms with Crippen molar-refractivity contribution >= 4 is 22.7 Å². The Balaban J connectivity index is 1.70. The highest BCUT2D eigenvalue weighted by atomic mass is 16.6. The Hall–Kier alpha value is -3.73. The number of hydrogen-bond donors (Lipinski definition) is 1. The van der Waals surface area contributed by atoms with Gasteiger partial charge in [0, 0.05) is 23.3 Å². The number of rotatable bonds is 3. The number of nitrogens with zero attached hydrogens (tertiary/aromatic N) is 2. The van der Waals surface area contributed by atoms with Crippen LogP contribution in [0.5, 0.6) is 5.75 Å². The second kappa shape index (κ2) is 7.03. The highest BCUT2D eigenvalue weighted by Gasteiger charge is 2.11. The maximum atomic E-state index is 12.3. The highest BCUT2D eigenvalue weighted by Crippen LogP contribution is 2.28. The molecular weight excluding hydrogens is 326 g/mol. The summed E-state index contributed by atoms with van der Waals surface area (Å²) in [6, 6.07) is 22.2. The van der Waals surface area contributed by atoms with Crippen LogP contribution in [0.3, 0.4) is 0 Å². The zero-order valence-electron chi connectivity index (χ0n) is 13.8. The SMILES string of the molecule is O=C(Nc1cc(-c2cccnc2)nc2ccccc12)Oc1ccccc1. The number of hydrogen-bond acceptors (Lipinski definition) is 4. The zero-order valence-corrected chi connectivity index (χ0v) is 13.8. The molecule has 26 heavy (non-hydrogen) atoms. The van der Waals surface area contributed by atoms with Gasteiger partial charge >= 0.3 is 6.09 Å². The van der Waals surface area contributed by atoms with Gasteiger partial charge in [-0.2, -0.15) is 0 Å². The molecule has 0 saturated heterocycles. The van der Waals surface area contributed by atoms with Crippen LogP contribution in [0.2, 0.25) is 0 Å². The van der Waals surface area contributed by atoms with Crippen LogP contribution < -0.4 is 10.1 Å². The Morgan fingerprint density at radius 2 is 1.73 bits per heavy atom. The summed E-state index contributed by atoms with van der Waals surface area (Å²) in [6.07, 6.45) is 2.90. The molecule has 0 aliphatic carbocycles. The second-order valence-electron chi connectivity index (χ2n) is 5.64. The van der Waals surface area contributed by atoms with E-state index in [-0.39, 0.29) is 0 Å². The van der Waals surface area contributed by atoms with E-state index in [4.69, 9.17) is 4.74 Å². The molecule has 1 amide bonds. The van der Waals surface area contributed by atoms with Gasteiger partial charge in [-0.3, -0.25) is 10.3 Å². The monoisotopic (exact) mass is 341 g/mol. The number of carbonyl (C=O) groups excluding carboxylic acids is 1. The molecule has 0 spiro atoms. The van der Waals surface area contributed by atoms with Crippen LogP contribution in [0.15, 0.2) is 85.2 Å². The summed E-state index contributed by atoms with van der Waals surface area (Å²) in [5, 5.41) is 3.66. The summed E-state index contributed by atoms with van der Waals surface area (Å²) in [7, 11) is 0. The Morgan fingerprint density at radius 3 is 2.54 bits per heavy atom. The lowest BCUT2D eigenvalue weighted by Crippen LogP contribution is -2.17. The van der Waals surface area contributed by atoms with Crippen molar-refractivity contribution in [2.75, 3.05) is 5.32 Å². The lowest BCUT2D eigenvalue weighted by Gasteiger charge is -2.11. The van der Waals surface area contributed by atoms with Crippen LogP contribution in [0, 0.1) is 0 Å². The first-order valence-corrected chi connectivity index (χ1v) is 8.14. The van der Waals surface area contributed by atoms with Gasteiger partial charge in [-0.25, -0.2) is 9.78 Å². The molecular formula is C21H15N3O2. The van der Waals surface area contributed by atoms with Crippen molar-refractivity contribution in [3.05, 3.63) is 85.2 Å². The molecule has 0 bridgehead atoms. The number of anilines is 1. The van der Waals surface area contributed by atoms with Crippen LogP contribution in [-0.4, -0.2) is 16.1 Å². The van der Waals surface area contributed by atoms with Crippen molar-refractivity contribution in [3.8, 4) is 17.0 Å². The molecule has 5 heteroatoms. The maximum Gasteiger partial charge on any atom is 0.417 e. The molecule has 0 aliphatic heterocycles. The third kappa shape index (κ3) is 3.37. The van der Waals surface area contributed by atoms with Crippen molar-refractivity contribution in [1.29, 1.82) is 0 Å². The molecule has 1 N–H and O–H groups in total. The second-order valence-corrected chi connectivity index (χ2v) is 5.64. The van der Waals surface area contributed by atoms with Gasteiger partial charge in [0.1, 0.15) is 5.75 Å². The van der Waals surface area contributed by atoms with Gasteiger partial charge in [-0.15, -0.1) is 0 Å². The number of pyridine rings is 2. The molecule has 2 heterocycles. The minimum atomic E-state index is -0.551. The van der Waals surface area contributed by atoms with Crippen molar-refractivity contribution in [2.45, 2.75) is 0 Å². The minimum absolute atomic E-state index is 0.482. The Bertz CT molecular complexity index is 1050. The van der Waals surface area contributed by atoms with Gasteiger partial charge in [-0.1, -0.05) is 36.4 Å². The van der Waals surface area contributed by atoms with Crippen molar-refractivity contribution in [3.63, 3.8) is 0 Å². The normalized spacial score (nSPS) is 10.5. The van der Waals surface area contributed by atoms with Gasteiger partial charge in [0.15, 0.2) is 0 Å². The summed E-state index contributed by atoms with van der Waals surface area (Å²) in [4.78, 5) is 21.1. The molecule has 4 aromatic rings. The van der Waals surface area contributed by atoms with Gasteiger partial charge in [0.2, 0.25) is 0 Å². The van der Waals surface area contributed by atoms with Crippen LogP contribution in [0.25, 0.3) is 22.2 Å². The molecule has 126 valence electrons. The fraction of sp³-hybridized carbons (Fsp3) is 0. The number of aromatic nitrogens is 2. The number of para-hydroxylation sites is 2. The van der Waals surface area contributed by atoms with E-state index in [1.54, 1.807) is 24.5 Å². The largest absolute Gasteiger partial charge is 0.417 e. The number of carbonyl (C=O) groups is 1. The van der Waals surface area contributed by atoms with Crippen molar-refractivity contribution in [2.24, 2.45) is 0 Å². The average molecular weight is 341 g/mol. The van der Waals surface area contributed by atoms with Gasteiger partial charge < -0.3 is 4.74 Å². The number of amides is 1.